The third-order valence-electron chi connectivity index (χ3n) is 3.72. The number of fused-ring (bicyclic) bond motifs is 2. The van der Waals surface area contributed by atoms with Gasteiger partial charge in [-0.05, 0) is 31.6 Å². The van der Waals surface area contributed by atoms with E-state index in [9.17, 15) is 4.79 Å². The van der Waals surface area contributed by atoms with Crippen molar-refractivity contribution in [3.63, 3.8) is 0 Å². The molecule has 2 fully saturated rings. The van der Waals surface area contributed by atoms with Gasteiger partial charge in [0.1, 0.15) is 4.34 Å². The molecule has 98 valence electrons. The molecule has 1 aromatic heterocycles. The van der Waals surface area contributed by atoms with E-state index in [4.69, 9.17) is 11.6 Å². The summed E-state index contributed by atoms with van der Waals surface area (Å²) in [6.45, 7) is 0. The van der Waals surface area contributed by atoms with Gasteiger partial charge in [-0.25, -0.2) is 0 Å². The van der Waals surface area contributed by atoms with Crippen LogP contribution in [-0.2, 0) is 0 Å². The molecule has 18 heavy (non-hydrogen) atoms. The van der Waals surface area contributed by atoms with Gasteiger partial charge in [-0.3, -0.25) is 4.79 Å². The second-order valence-corrected chi connectivity index (χ2v) is 7.32. The standard InChI is InChI=1S/C12H15ClN2OS2/c1-17-9-5-10(18-11(9)13)12(16)15-8-4-6-2-3-7(8)14-6/h5-8,14H,2-4H2,1H3,(H,15,16)/t6-,7+,8-/m1/s1. The van der Waals surface area contributed by atoms with E-state index in [-0.39, 0.29) is 11.9 Å². The molecule has 0 aliphatic carbocycles. The Morgan fingerprint density at radius 1 is 1.61 bits per heavy atom. The minimum Gasteiger partial charge on any atom is -0.347 e. The number of carbonyl (C=O) groups is 1. The molecule has 1 aromatic rings. The van der Waals surface area contributed by atoms with E-state index in [1.165, 1.54) is 24.2 Å². The first-order chi connectivity index (χ1) is 8.67. The maximum atomic E-state index is 12.2. The molecular formula is C12H15ClN2OS2. The first-order valence-electron chi connectivity index (χ1n) is 6.07. The summed E-state index contributed by atoms with van der Waals surface area (Å²) < 4.78 is 0.707. The van der Waals surface area contributed by atoms with Crippen molar-refractivity contribution in [3.8, 4) is 0 Å². The van der Waals surface area contributed by atoms with Gasteiger partial charge in [-0.15, -0.1) is 23.1 Å². The Labute approximate surface area is 120 Å². The van der Waals surface area contributed by atoms with Crippen molar-refractivity contribution >= 4 is 40.6 Å². The molecule has 2 aliphatic heterocycles. The molecule has 1 amide bonds. The van der Waals surface area contributed by atoms with Crippen LogP contribution >= 0.6 is 34.7 Å². The number of thiophene rings is 1. The summed E-state index contributed by atoms with van der Waals surface area (Å²) in [5.74, 6) is 0.0153. The Bertz CT molecular complexity index is 477. The second kappa shape index (κ2) is 5.04. The minimum atomic E-state index is 0.0153. The molecule has 2 N–H and O–H groups in total. The lowest BCUT2D eigenvalue weighted by atomic mass is 9.95. The Morgan fingerprint density at radius 3 is 3.00 bits per heavy atom. The number of nitrogens with one attached hydrogen (secondary N) is 2. The number of thioether (sulfide) groups is 1. The van der Waals surface area contributed by atoms with Gasteiger partial charge in [-0.2, -0.15) is 0 Å². The monoisotopic (exact) mass is 302 g/mol. The number of hydrogen-bond acceptors (Lipinski definition) is 4. The number of halogens is 1. The van der Waals surface area contributed by atoms with Crippen LogP contribution in [0.2, 0.25) is 4.34 Å². The van der Waals surface area contributed by atoms with E-state index in [1.807, 2.05) is 12.3 Å². The van der Waals surface area contributed by atoms with Crippen LogP contribution in [0.25, 0.3) is 0 Å². The highest BCUT2D eigenvalue weighted by Crippen LogP contribution is 2.34. The van der Waals surface area contributed by atoms with Crippen molar-refractivity contribution in [2.45, 2.75) is 42.3 Å². The number of hydrogen-bond donors (Lipinski definition) is 2. The van der Waals surface area contributed by atoms with Crippen LogP contribution < -0.4 is 10.6 Å². The molecule has 0 aromatic carbocycles. The Morgan fingerprint density at radius 2 is 2.44 bits per heavy atom. The van der Waals surface area contributed by atoms with Gasteiger partial charge in [-0.1, -0.05) is 11.6 Å². The van der Waals surface area contributed by atoms with E-state index in [0.717, 1.165) is 11.3 Å². The molecule has 0 radical (unpaired) electrons. The summed E-state index contributed by atoms with van der Waals surface area (Å²) in [4.78, 5) is 13.9. The third-order valence-corrected chi connectivity index (χ3v) is 6.08. The first kappa shape index (κ1) is 12.8. The fourth-order valence-corrected chi connectivity index (χ4v) is 4.89. The molecule has 3 heterocycles. The van der Waals surface area contributed by atoms with Crippen LogP contribution in [0.1, 0.15) is 28.9 Å². The number of carbonyl (C=O) groups excluding carboxylic acids is 1. The van der Waals surface area contributed by atoms with Crippen molar-refractivity contribution in [2.24, 2.45) is 0 Å². The zero-order valence-electron chi connectivity index (χ0n) is 10.0. The number of amides is 1. The Balaban J connectivity index is 1.67. The molecule has 0 unspecified atom stereocenters. The average molecular weight is 303 g/mol. The third kappa shape index (κ3) is 2.29. The molecule has 6 heteroatoms. The van der Waals surface area contributed by atoms with Crippen LogP contribution in [0.4, 0.5) is 0 Å². The summed E-state index contributed by atoms with van der Waals surface area (Å²) in [5, 5.41) is 6.65. The lowest BCUT2D eigenvalue weighted by Gasteiger charge is -2.20. The molecule has 0 saturated carbocycles. The molecule has 3 atom stereocenters. The van der Waals surface area contributed by atoms with Gasteiger partial charge in [0.15, 0.2) is 0 Å². The first-order valence-corrected chi connectivity index (χ1v) is 8.49. The summed E-state index contributed by atoms with van der Waals surface area (Å²) in [5.41, 5.74) is 0. The molecule has 3 nitrogen and oxygen atoms in total. The SMILES string of the molecule is CSc1cc(C(=O)N[C@@H]2C[C@H]3CC[C@@H]2N3)sc1Cl. The summed E-state index contributed by atoms with van der Waals surface area (Å²) >= 11 is 9.01. The maximum absolute atomic E-state index is 12.2. The van der Waals surface area contributed by atoms with E-state index in [2.05, 4.69) is 10.6 Å². The highest BCUT2D eigenvalue weighted by molar-refractivity contribution is 7.98. The van der Waals surface area contributed by atoms with Crippen LogP contribution in [0.3, 0.4) is 0 Å². The van der Waals surface area contributed by atoms with Crippen molar-refractivity contribution < 1.29 is 4.79 Å². The molecule has 2 bridgehead atoms. The molecular weight excluding hydrogens is 288 g/mol. The van der Waals surface area contributed by atoms with Gasteiger partial charge < -0.3 is 10.6 Å². The molecule has 2 aliphatic rings. The Hall–Kier alpha value is -0.230. The van der Waals surface area contributed by atoms with E-state index in [1.54, 1.807) is 11.8 Å². The number of rotatable bonds is 3. The van der Waals surface area contributed by atoms with E-state index >= 15 is 0 Å². The lowest BCUT2D eigenvalue weighted by molar-refractivity contribution is 0.0935. The highest BCUT2D eigenvalue weighted by atomic mass is 35.5. The largest absolute Gasteiger partial charge is 0.347 e. The normalized spacial score (nSPS) is 29.8. The van der Waals surface area contributed by atoms with Gasteiger partial charge in [0.05, 0.1) is 4.88 Å². The van der Waals surface area contributed by atoms with Gasteiger partial charge in [0, 0.05) is 23.0 Å². The molecule has 3 rings (SSSR count). The van der Waals surface area contributed by atoms with Gasteiger partial charge in [0.2, 0.25) is 0 Å². The maximum Gasteiger partial charge on any atom is 0.261 e. The Kier molecular flexibility index (Phi) is 3.58. The molecule has 2 saturated heterocycles. The topological polar surface area (TPSA) is 41.1 Å². The summed E-state index contributed by atoms with van der Waals surface area (Å²) in [7, 11) is 0. The predicted molar refractivity (Wildman–Crippen MR) is 76.9 cm³/mol. The van der Waals surface area contributed by atoms with Crippen molar-refractivity contribution in [1.29, 1.82) is 0 Å². The van der Waals surface area contributed by atoms with Crippen molar-refractivity contribution in [3.05, 3.63) is 15.3 Å². The minimum absolute atomic E-state index is 0.0153. The predicted octanol–water partition coefficient (Wildman–Crippen LogP) is 2.75. The quantitative estimate of drug-likeness (QED) is 0.844. The van der Waals surface area contributed by atoms with Gasteiger partial charge in [0.25, 0.3) is 5.91 Å². The van der Waals surface area contributed by atoms with Crippen LogP contribution in [0.5, 0.6) is 0 Å². The summed E-state index contributed by atoms with van der Waals surface area (Å²) in [6, 6.07) is 3.24. The fourth-order valence-electron chi connectivity index (χ4n) is 2.83. The van der Waals surface area contributed by atoms with Crippen molar-refractivity contribution in [1.82, 2.24) is 10.6 Å². The van der Waals surface area contributed by atoms with E-state index < -0.39 is 0 Å². The van der Waals surface area contributed by atoms with E-state index in [0.29, 0.717) is 21.3 Å². The van der Waals surface area contributed by atoms with Crippen LogP contribution in [0, 0.1) is 0 Å². The zero-order valence-corrected chi connectivity index (χ0v) is 12.4. The van der Waals surface area contributed by atoms with Crippen LogP contribution in [0.15, 0.2) is 11.0 Å². The smallest absolute Gasteiger partial charge is 0.261 e. The van der Waals surface area contributed by atoms with Gasteiger partial charge >= 0.3 is 0 Å². The summed E-state index contributed by atoms with van der Waals surface area (Å²) in [6.07, 6.45) is 5.45. The average Bonchev–Trinajstić information content (AvgIpc) is 3.03. The second-order valence-electron chi connectivity index (χ2n) is 4.82. The highest BCUT2D eigenvalue weighted by Gasteiger charge is 2.39. The van der Waals surface area contributed by atoms with Crippen molar-refractivity contribution in [2.75, 3.05) is 6.26 Å². The lowest BCUT2D eigenvalue weighted by Crippen LogP contribution is -2.42. The van der Waals surface area contributed by atoms with Crippen LogP contribution in [-0.4, -0.2) is 30.3 Å². The molecule has 0 spiro atoms. The fraction of sp³-hybridized carbons (Fsp3) is 0.583. The zero-order chi connectivity index (χ0) is 12.7.